The van der Waals surface area contributed by atoms with Gasteiger partial charge in [-0.1, -0.05) is 0 Å². The number of anilines is 2. The summed E-state index contributed by atoms with van der Waals surface area (Å²) in [7, 11) is -2.92. The number of nitriles is 1. The van der Waals surface area contributed by atoms with Gasteiger partial charge in [-0.05, 0) is 25.1 Å². The predicted octanol–water partition coefficient (Wildman–Crippen LogP) is 1.01. The standard InChI is InChI=1S/C16H22N4O2S.ClH/c1-13-12-18-4-5-20(13)15-2-3-16(14(10-15)11-17)19-6-8-23(21,22)9-7-19;/h2-3,10,13,18H,4-9,12H2,1H3;1H/t13-;/m0./s1. The first-order chi connectivity index (χ1) is 11.0. The van der Waals surface area contributed by atoms with Crippen molar-refractivity contribution < 1.29 is 8.42 Å². The highest BCUT2D eigenvalue weighted by Gasteiger charge is 2.24. The molecule has 1 aromatic rings. The second kappa shape index (κ2) is 7.60. The number of hydrogen-bond acceptors (Lipinski definition) is 6. The predicted molar refractivity (Wildman–Crippen MR) is 98.9 cm³/mol. The van der Waals surface area contributed by atoms with E-state index in [1.165, 1.54) is 0 Å². The Morgan fingerprint density at radius 1 is 1.25 bits per heavy atom. The van der Waals surface area contributed by atoms with Gasteiger partial charge in [0.05, 0.1) is 22.8 Å². The molecule has 0 radical (unpaired) electrons. The minimum absolute atomic E-state index is 0. The zero-order valence-electron chi connectivity index (χ0n) is 13.7. The molecule has 0 unspecified atom stereocenters. The van der Waals surface area contributed by atoms with Gasteiger partial charge in [-0.15, -0.1) is 12.4 Å². The van der Waals surface area contributed by atoms with Crippen LogP contribution in [0.3, 0.4) is 0 Å². The lowest BCUT2D eigenvalue weighted by Crippen LogP contribution is -2.50. The lowest BCUT2D eigenvalue weighted by Gasteiger charge is -2.36. The van der Waals surface area contributed by atoms with E-state index in [0.29, 0.717) is 24.7 Å². The molecule has 3 rings (SSSR count). The maximum absolute atomic E-state index is 11.6. The molecule has 1 aromatic carbocycles. The molecule has 2 fully saturated rings. The van der Waals surface area contributed by atoms with Crippen LogP contribution in [0.25, 0.3) is 0 Å². The second-order valence-electron chi connectivity index (χ2n) is 6.20. The van der Waals surface area contributed by atoms with E-state index >= 15 is 0 Å². The van der Waals surface area contributed by atoms with E-state index in [4.69, 9.17) is 0 Å². The Labute approximate surface area is 149 Å². The largest absolute Gasteiger partial charge is 0.368 e. The number of nitrogens with zero attached hydrogens (tertiary/aromatic N) is 3. The first-order valence-corrected chi connectivity index (χ1v) is 9.79. The van der Waals surface area contributed by atoms with Crippen molar-refractivity contribution >= 4 is 33.6 Å². The molecule has 0 bridgehead atoms. The van der Waals surface area contributed by atoms with E-state index in [2.05, 4.69) is 23.2 Å². The minimum atomic E-state index is -2.92. The van der Waals surface area contributed by atoms with Crippen molar-refractivity contribution in [3.63, 3.8) is 0 Å². The Balaban J connectivity index is 0.00000208. The van der Waals surface area contributed by atoms with Crippen LogP contribution in [0.4, 0.5) is 11.4 Å². The van der Waals surface area contributed by atoms with Crippen LogP contribution in [-0.2, 0) is 9.84 Å². The van der Waals surface area contributed by atoms with Crippen LogP contribution in [0.1, 0.15) is 12.5 Å². The smallest absolute Gasteiger partial charge is 0.153 e. The zero-order chi connectivity index (χ0) is 16.4. The highest BCUT2D eigenvalue weighted by molar-refractivity contribution is 7.91. The molecule has 2 aliphatic rings. The van der Waals surface area contributed by atoms with Gasteiger partial charge in [0.25, 0.3) is 0 Å². The van der Waals surface area contributed by atoms with Crippen molar-refractivity contribution in [2.75, 3.05) is 54.0 Å². The summed E-state index contributed by atoms with van der Waals surface area (Å²) in [6.45, 7) is 5.89. The van der Waals surface area contributed by atoms with Gasteiger partial charge in [0.15, 0.2) is 9.84 Å². The number of rotatable bonds is 2. The van der Waals surface area contributed by atoms with Gasteiger partial charge in [-0.2, -0.15) is 5.26 Å². The van der Waals surface area contributed by atoms with E-state index < -0.39 is 9.84 Å². The molecule has 8 heteroatoms. The molecule has 24 heavy (non-hydrogen) atoms. The van der Waals surface area contributed by atoms with Crippen molar-refractivity contribution in [2.24, 2.45) is 0 Å². The molecule has 0 amide bonds. The summed E-state index contributed by atoms with van der Waals surface area (Å²) < 4.78 is 23.1. The van der Waals surface area contributed by atoms with Crippen LogP contribution in [-0.4, -0.2) is 58.7 Å². The fourth-order valence-electron chi connectivity index (χ4n) is 3.25. The topological polar surface area (TPSA) is 76.4 Å². The Kier molecular flexibility index (Phi) is 5.97. The molecule has 2 aliphatic heterocycles. The summed E-state index contributed by atoms with van der Waals surface area (Å²) in [5.74, 6) is 0.322. The van der Waals surface area contributed by atoms with Crippen molar-refractivity contribution in [3.8, 4) is 6.07 Å². The van der Waals surface area contributed by atoms with Crippen molar-refractivity contribution in [2.45, 2.75) is 13.0 Å². The molecule has 1 atom stereocenters. The van der Waals surface area contributed by atoms with Gasteiger partial charge in [0, 0.05) is 44.5 Å². The highest BCUT2D eigenvalue weighted by atomic mass is 35.5. The third kappa shape index (κ3) is 3.94. The molecule has 0 aromatic heterocycles. The lowest BCUT2D eigenvalue weighted by atomic mass is 10.1. The maximum atomic E-state index is 11.6. The van der Waals surface area contributed by atoms with Crippen LogP contribution >= 0.6 is 12.4 Å². The quantitative estimate of drug-likeness (QED) is 0.837. The maximum Gasteiger partial charge on any atom is 0.153 e. The molecule has 0 spiro atoms. The summed E-state index contributed by atoms with van der Waals surface area (Å²) in [6.07, 6.45) is 0. The van der Waals surface area contributed by atoms with Gasteiger partial charge in [0.1, 0.15) is 6.07 Å². The molecular weight excluding hydrogens is 348 g/mol. The molecule has 1 N–H and O–H groups in total. The van der Waals surface area contributed by atoms with E-state index in [0.717, 1.165) is 31.0 Å². The average molecular weight is 371 g/mol. The number of nitrogens with one attached hydrogen (secondary N) is 1. The highest BCUT2D eigenvalue weighted by Crippen LogP contribution is 2.28. The number of hydrogen-bond donors (Lipinski definition) is 1. The summed E-state index contributed by atoms with van der Waals surface area (Å²) in [6, 6.07) is 8.60. The van der Waals surface area contributed by atoms with Crippen LogP contribution in [0, 0.1) is 11.3 Å². The summed E-state index contributed by atoms with van der Waals surface area (Å²) in [5, 5.41) is 12.9. The number of sulfone groups is 1. The normalized spacial score (nSPS) is 23.2. The van der Waals surface area contributed by atoms with Crippen molar-refractivity contribution in [3.05, 3.63) is 23.8 Å². The average Bonchev–Trinajstić information content (AvgIpc) is 2.55. The molecule has 6 nitrogen and oxygen atoms in total. The number of piperazine rings is 1. The van der Waals surface area contributed by atoms with Crippen molar-refractivity contribution in [1.82, 2.24) is 5.32 Å². The first-order valence-electron chi connectivity index (χ1n) is 7.97. The van der Waals surface area contributed by atoms with Gasteiger partial charge in [-0.25, -0.2) is 8.42 Å². The Hall–Kier alpha value is -1.49. The van der Waals surface area contributed by atoms with Crippen LogP contribution in [0.15, 0.2) is 18.2 Å². The van der Waals surface area contributed by atoms with E-state index in [-0.39, 0.29) is 23.9 Å². The van der Waals surface area contributed by atoms with E-state index in [1.54, 1.807) is 0 Å². The van der Waals surface area contributed by atoms with Gasteiger partial charge in [-0.3, -0.25) is 0 Å². The first kappa shape index (κ1) is 18.8. The van der Waals surface area contributed by atoms with E-state index in [9.17, 15) is 13.7 Å². The Bertz CT molecular complexity index is 718. The van der Waals surface area contributed by atoms with Gasteiger partial charge in [0.2, 0.25) is 0 Å². The van der Waals surface area contributed by atoms with Crippen molar-refractivity contribution in [1.29, 1.82) is 5.26 Å². The third-order valence-corrected chi connectivity index (χ3v) is 6.23. The van der Waals surface area contributed by atoms with E-state index in [1.807, 2.05) is 23.1 Å². The fraction of sp³-hybridized carbons (Fsp3) is 0.562. The molecule has 132 valence electrons. The molecule has 2 heterocycles. The molecular formula is C16H23ClN4O2S. The van der Waals surface area contributed by atoms with Crippen LogP contribution < -0.4 is 15.1 Å². The van der Waals surface area contributed by atoms with Crippen LogP contribution in [0.2, 0.25) is 0 Å². The number of benzene rings is 1. The molecule has 0 saturated carbocycles. The summed E-state index contributed by atoms with van der Waals surface area (Å²) in [4.78, 5) is 4.31. The monoisotopic (exact) mass is 370 g/mol. The van der Waals surface area contributed by atoms with Gasteiger partial charge >= 0.3 is 0 Å². The summed E-state index contributed by atoms with van der Waals surface area (Å²) in [5.41, 5.74) is 2.52. The second-order valence-corrected chi connectivity index (χ2v) is 8.50. The zero-order valence-corrected chi connectivity index (χ0v) is 15.4. The summed E-state index contributed by atoms with van der Waals surface area (Å²) >= 11 is 0. The minimum Gasteiger partial charge on any atom is -0.368 e. The fourth-order valence-corrected chi connectivity index (χ4v) is 4.45. The lowest BCUT2D eigenvalue weighted by molar-refractivity contribution is 0.501. The molecule has 2 saturated heterocycles. The van der Waals surface area contributed by atoms with Crippen LogP contribution in [0.5, 0.6) is 0 Å². The third-order valence-electron chi connectivity index (χ3n) is 4.62. The number of halogens is 1. The molecule has 0 aliphatic carbocycles. The Morgan fingerprint density at radius 2 is 1.96 bits per heavy atom. The SMILES string of the molecule is C[C@H]1CNCCN1c1ccc(N2CCS(=O)(=O)CC2)c(C#N)c1.Cl. The Morgan fingerprint density at radius 3 is 2.58 bits per heavy atom. The van der Waals surface area contributed by atoms with Gasteiger partial charge < -0.3 is 15.1 Å².